The first kappa shape index (κ1) is 13.0. The minimum Gasteiger partial charge on any atom is -0.376 e. The third-order valence-electron chi connectivity index (χ3n) is 3.20. The standard InChI is InChI=1S/C13H19BrN2O/c1-3-13-9-17-10(2)7-16(13)8-11-4-12(14)6-15-5-11/h4-6,10,13H,3,7-9H2,1-2H3. The SMILES string of the molecule is CCC1COC(C)CN1Cc1cncc(Br)c1. The van der Waals surface area contributed by atoms with Crippen LogP contribution in [0.4, 0.5) is 0 Å². The molecule has 94 valence electrons. The molecule has 1 aliphatic heterocycles. The summed E-state index contributed by atoms with van der Waals surface area (Å²) in [5.41, 5.74) is 1.26. The highest BCUT2D eigenvalue weighted by Gasteiger charge is 2.25. The van der Waals surface area contributed by atoms with E-state index in [2.05, 4.69) is 45.7 Å². The second kappa shape index (κ2) is 5.94. The highest BCUT2D eigenvalue weighted by molar-refractivity contribution is 9.10. The molecule has 1 aromatic rings. The Hall–Kier alpha value is -0.450. The van der Waals surface area contributed by atoms with Crippen molar-refractivity contribution >= 4 is 15.9 Å². The summed E-state index contributed by atoms with van der Waals surface area (Å²) in [6.45, 7) is 7.16. The Morgan fingerprint density at radius 1 is 1.53 bits per heavy atom. The third kappa shape index (κ3) is 3.50. The van der Waals surface area contributed by atoms with E-state index in [0.717, 1.165) is 30.6 Å². The molecule has 2 heterocycles. The Labute approximate surface area is 111 Å². The topological polar surface area (TPSA) is 25.4 Å². The van der Waals surface area contributed by atoms with Crippen molar-refractivity contribution in [1.82, 2.24) is 9.88 Å². The Morgan fingerprint density at radius 2 is 2.35 bits per heavy atom. The van der Waals surface area contributed by atoms with Gasteiger partial charge in [0.25, 0.3) is 0 Å². The molecule has 0 radical (unpaired) electrons. The Balaban J connectivity index is 2.04. The van der Waals surface area contributed by atoms with Crippen molar-refractivity contribution in [2.24, 2.45) is 0 Å². The largest absolute Gasteiger partial charge is 0.376 e. The van der Waals surface area contributed by atoms with Gasteiger partial charge in [0.2, 0.25) is 0 Å². The maximum absolute atomic E-state index is 5.71. The highest BCUT2D eigenvalue weighted by atomic mass is 79.9. The van der Waals surface area contributed by atoms with Gasteiger partial charge >= 0.3 is 0 Å². The molecule has 1 aliphatic rings. The highest BCUT2D eigenvalue weighted by Crippen LogP contribution is 2.18. The first-order valence-electron chi connectivity index (χ1n) is 6.14. The van der Waals surface area contributed by atoms with Crippen molar-refractivity contribution in [1.29, 1.82) is 0 Å². The molecule has 2 unspecified atom stereocenters. The van der Waals surface area contributed by atoms with E-state index >= 15 is 0 Å². The lowest BCUT2D eigenvalue weighted by Crippen LogP contribution is -2.47. The molecule has 0 aromatic carbocycles. The summed E-state index contributed by atoms with van der Waals surface area (Å²) in [7, 11) is 0. The summed E-state index contributed by atoms with van der Waals surface area (Å²) in [5.74, 6) is 0. The molecule has 17 heavy (non-hydrogen) atoms. The number of morpholine rings is 1. The molecule has 0 spiro atoms. The molecule has 2 atom stereocenters. The van der Waals surface area contributed by atoms with Gasteiger partial charge in [-0.1, -0.05) is 6.92 Å². The van der Waals surface area contributed by atoms with Gasteiger partial charge in [-0.15, -0.1) is 0 Å². The molecule has 4 heteroatoms. The van der Waals surface area contributed by atoms with Crippen molar-refractivity contribution in [2.45, 2.75) is 39.0 Å². The normalized spacial score (nSPS) is 26.1. The molecule has 3 nitrogen and oxygen atoms in total. The van der Waals surface area contributed by atoms with Gasteiger partial charge < -0.3 is 4.74 Å². The summed E-state index contributed by atoms with van der Waals surface area (Å²) < 4.78 is 6.75. The van der Waals surface area contributed by atoms with E-state index in [1.807, 2.05) is 12.4 Å². The third-order valence-corrected chi connectivity index (χ3v) is 3.63. The molecule has 0 aliphatic carbocycles. The van der Waals surface area contributed by atoms with Crippen molar-refractivity contribution in [3.63, 3.8) is 0 Å². The summed E-state index contributed by atoms with van der Waals surface area (Å²) in [4.78, 5) is 6.71. The van der Waals surface area contributed by atoms with Crippen molar-refractivity contribution in [3.05, 3.63) is 28.5 Å². The maximum atomic E-state index is 5.71. The van der Waals surface area contributed by atoms with Gasteiger partial charge in [-0.2, -0.15) is 0 Å². The zero-order valence-electron chi connectivity index (χ0n) is 10.4. The first-order valence-corrected chi connectivity index (χ1v) is 6.93. The lowest BCUT2D eigenvalue weighted by atomic mass is 10.1. The average Bonchev–Trinajstić information content (AvgIpc) is 2.29. The molecule has 0 bridgehead atoms. The summed E-state index contributed by atoms with van der Waals surface area (Å²) in [5, 5.41) is 0. The van der Waals surface area contributed by atoms with Crippen LogP contribution in [0.2, 0.25) is 0 Å². The fraction of sp³-hybridized carbons (Fsp3) is 0.615. The lowest BCUT2D eigenvalue weighted by molar-refractivity contribution is -0.0592. The monoisotopic (exact) mass is 298 g/mol. The number of aromatic nitrogens is 1. The van der Waals surface area contributed by atoms with Crippen LogP contribution in [0, 0.1) is 0 Å². The van der Waals surface area contributed by atoms with Gasteiger partial charge in [0.1, 0.15) is 0 Å². The predicted molar refractivity (Wildman–Crippen MR) is 71.8 cm³/mol. The van der Waals surface area contributed by atoms with E-state index in [-0.39, 0.29) is 0 Å². The fourth-order valence-electron chi connectivity index (χ4n) is 2.26. The predicted octanol–water partition coefficient (Wildman–Crippen LogP) is 2.84. The summed E-state index contributed by atoms with van der Waals surface area (Å²) in [6, 6.07) is 2.67. The quantitative estimate of drug-likeness (QED) is 0.858. The van der Waals surface area contributed by atoms with Crippen LogP contribution in [0.1, 0.15) is 25.8 Å². The van der Waals surface area contributed by atoms with Crippen LogP contribution in [-0.4, -0.2) is 35.2 Å². The molecular formula is C13H19BrN2O. The Bertz CT molecular complexity index is 372. The molecule has 1 aromatic heterocycles. The van der Waals surface area contributed by atoms with E-state index in [1.165, 1.54) is 5.56 Å². The van der Waals surface area contributed by atoms with Crippen LogP contribution in [0.25, 0.3) is 0 Å². The van der Waals surface area contributed by atoms with Crippen LogP contribution in [0.15, 0.2) is 22.9 Å². The van der Waals surface area contributed by atoms with Gasteiger partial charge in [0.05, 0.1) is 12.7 Å². The molecule has 1 fully saturated rings. The van der Waals surface area contributed by atoms with Crippen LogP contribution in [0.5, 0.6) is 0 Å². The van der Waals surface area contributed by atoms with E-state index in [4.69, 9.17) is 4.74 Å². The number of pyridine rings is 1. The van der Waals surface area contributed by atoms with E-state index in [0.29, 0.717) is 12.1 Å². The summed E-state index contributed by atoms with van der Waals surface area (Å²) in [6.07, 6.45) is 5.23. The van der Waals surface area contributed by atoms with Gasteiger partial charge in [-0.25, -0.2) is 0 Å². The van der Waals surface area contributed by atoms with Gasteiger partial charge in [-0.05, 0) is 40.9 Å². The number of nitrogens with zero attached hydrogens (tertiary/aromatic N) is 2. The van der Waals surface area contributed by atoms with Gasteiger partial charge in [-0.3, -0.25) is 9.88 Å². The first-order chi connectivity index (χ1) is 8.19. The van der Waals surface area contributed by atoms with E-state index in [1.54, 1.807) is 0 Å². The Kier molecular flexibility index (Phi) is 4.54. The zero-order valence-corrected chi connectivity index (χ0v) is 12.0. The second-order valence-corrected chi connectivity index (χ2v) is 5.56. The fourth-order valence-corrected chi connectivity index (χ4v) is 2.67. The number of ether oxygens (including phenoxy) is 1. The minimum atomic E-state index is 0.331. The summed E-state index contributed by atoms with van der Waals surface area (Å²) >= 11 is 3.47. The van der Waals surface area contributed by atoms with Crippen molar-refractivity contribution in [2.75, 3.05) is 13.2 Å². The zero-order chi connectivity index (χ0) is 12.3. The second-order valence-electron chi connectivity index (χ2n) is 4.65. The maximum Gasteiger partial charge on any atom is 0.0674 e. The molecular weight excluding hydrogens is 280 g/mol. The molecule has 0 amide bonds. The van der Waals surface area contributed by atoms with E-state index in [9.17, 15) is 0 Å². The van der Waals surface area contributed by atoms with Crippen LogP contribution in [0.3, 0.4) is 0 Å². The Morgan fingerprint density at radius 3 is 3.06 bits per heavy atom. The number of halogens is 1. The number of hydrogen-bond donors (Lipinski definition) is 0. The van der Waals surface area contributed by atoms with Crippen LogP contribution in [-0.2, 0) is 11.3 Å². The molecule has 0 saturated carbocycles. The molecule has 1 saturated heterocycles. The smallest absolute Gasteiger partial charge is 0.0674 e. The number of hydrogen-bond acceptors (Lipinski definition) is 3. The van der Waals surface area contributed by atoms with Gasteiger partial charge in [0, 0.05) is 36.0 Å². The van der Waals surface area contributed by atoms with E-state index < -0.39 is 0 Å². The van der Waals surface area contributed by atoms with Gasteiger partial charge in [0.15, 0.2) is 0 Å². The van der Waals surface area contributed by atoms with Crippen LogP contribution < -0.4 is 0 Å². The van der Waals surface area contributed by atoms with Crippen LogP contribution >= 0.6 is 15.9 Å². The number of rotatable bonds is 3. The molecule has 2 rings (SSSR count). The minimum absolute atomic E-state index is 0.331. The van der Waals surface area contributed by atoms with Crippen molar-refractivity contribution < 1.29 is 4.74 Å². The molecule has 0 N–H and O–H groups in total. The lowest BCUT2D eigenvalue weighted by Gasteiger charge is -2.38. The average molecular weight is 299 g/mol. The van der Waals surface area contributed by atoms with Crippen molar-refractivity contribution in [3.8, 4) is 0 Å².